The number of nitrogens with one attached hydrogen (secondary N) is 3. The lowest BCUT2D eigenvalue weighted by Gasteiger charge is -2.31. The number of halogens is 2. The van der Waals surface area contributed by atoms with Crippen LogP contribution in [0.4, 0.5) is 19.3 Å². The predicted molar refractivity (Wildman–Crippen MR) is 125 cm³/mol. The minimum Gasteiger partial charge on any atom is -0.497 e. The summed E-state index contributed by atoms with van der Waals surface area (Å²) in [6.45, 7) is 0. The number of benzene rings is 2. The molecule has 1 aliphatic rings. The number of primary amides is 1. The second kappa shape index (κ2) is 11.6. The first-order valence-corrected chi connectivity index (χ1v) is 10.9. The average molecular weight is 504 g/mol. The Kier molecular flexibility index (Phi) is 8.56. The maximum absolute atomic E-state index is 13.8. The van der Waals surface area contributed by atoms with Crippen molar-refractivity contribution in [3.8, 4) is 5.75 Å². The van der Waals surface area contributed by atoms with E-state index >= 15 is 0 Å². The lowest BCUT2D eigenvalue weighted by atomic mass is 9.90. The Balaban J connectivity index is 1.69. The number of aliphatic hydroxyl groups excluding tert-OH is 2. The number of aliphatic hydroxyl groups is 2. The lowest BCUT2D eigenvalue weighted by Crippen LogP contribution is -2.53. The molecule has 12 heteroatoms. The summed E-state index contributed by atoms with van der Waals surface area (Å²) in [6, 6.07) is 6.07. The molecule has 0 radical (unpaired) electrons. The van der Waals surface area contributed by atoms with Crippen molar-refractivity contribution in [2.45, 2.75) is 37.1 Å². The highest BCUT2D eigenvalue weighted by Crippen LogP contribution is 2.21. The number of carbonyl (C=O) groups is 3. The number of hydrogen-bond acceptors (Lipinski definition) is 6. The van der Waals surface area contributed by atoms with Crippen molar-refractivity contribution in [1.82, 2.24) is 10.6 Å². The number of nitrogens with two attached hydrogens (primary N) is 1. The summed E-state index contributed by atoms with van der Waals surface area (Å²) in [7, 11) is 1.51. The van der Waals surface area contributed by atoms with Crippen LogP contribution in [0.25, 0.3) is 0 Å². The standard InChI is InChI=1S/C24H26F2N4O6/c1-36-15-5-2-12(3-6-15)8-19(22(27)33)28-23(34)13-9-18(21(32)20(31)10-13)30-24(35)29-17-7-4-14(25)11-16(17)26/h2-7,9,11,18-21,31-32H,8,10H2,1H3,(H2,27,33)(H,28,34)(H2,29,30,35). The summed E-state index contributed by atoms with van der Waals surface area (Å²) >= 11 is 0. The van der Waals surface area contributed by atoms with Crippen molar-refractivity contribution in [3.05, 3.63) is 71.3 Å². The Labute approximate surface area is 205 Å². The highest BCUT2D eigenvalue weighted by molar-refractivity contribution is 5.97. The number of rotatable bonds is 8. The normalized spacial score (nSPS) is 20.0. The van der Waals surface area contributed by atoms with E-state index in [1.807, 2.05) is 0 Å². The molecule has 2 aromatic rings. The van der Waals surface area contributed by atoms with Gasteiger partial charge in [-0.1, -0.05) is 18.2 Å². The summed E-state index contributed by atoms with van der Waals surface area (Å²) < 4.78 is 31.9. The minimum atomic E-state index is -1.48. The third-order valence-corrected chi connectivity index (χ3v) is 5.59. The maximum atomic E-state index is 13.8. The Morgan fingerprint density at radius 1 is 1.14 bits per heavy atom. The second-order valence-corrected chi connectivity index (χ2v) is 8.18. The number of carbonyl (C=O) groups excluding carboxylic acids is 3. The van der Waals surface area contributed by atoms with Crippen LogP contribution in [0.5, 0.6) is 5.75 Å². The van der Waals surface area contributed by atoms with Crippen LogP contribution in [0.3, 0.4) is 0 Å². The van der Waals surface area contributed by atoms with E-state index in [0.29, 0.717) is 17.4 Å². The molecule has 0 aromatic heterocycles. The zero-order chi connectivity index (χ0) is 26.4. The van der Waals surface area contributed by atoms with Gasteiger partial charge in [-0.05, 0) is 29.8 Å². The van der Waals surface area contributed by atoms with Crippen molar-refractivity contribution >= 4 is 23.5 Å². The third kappa shape index (κ3) is 6.77. The lowest BCUT2D eigenvalue weighted by molar-refractivity contribution is -0.125. The molecule has 192 valence electrons. The highest BCUT2D eigenvalue weighted by Gasteiger charge is 2.34. The summed E-state index contributed by atoms with van der Waals surface area (Å²) in [4.78, 5) is 37.1. The molecule has 36 heavy (non-hydrogen) atoms. The van der Waals surface area contributed by atoms with E-state index < -0.39 is 53.8 Å². The molecule has 7 N–H and O–H groups in total. The molecule has 3 rings (SSSR count). The molecule has 0 bridgehead atoms. The fourth-order valence-corrected chi connectivity index (χ4v) is 3.64. The number of urea groups is 1. The fourth-order valence-electron chi connectivity index (χ4n) is 3.64. The Morgan fingerprint density at radius 3 is 2.44 bits per heavy atom. The van der Waals surface area contributed by atoms with Gasteiger partial charge in [0, 0.05) is 24.5 Å². The highest BCUT2D eigenvalue weighted by atomic mass is 19.1. The van der Waals surface area contributed by atoms with Gasteiger partial charge in [-0.25, -0.2) is 13.6 Å². The number of ether oxygens (including phenoxy) is 1. The fraction of sp³-hybridized carbons (Fsp3) is 0.292. The van der Waals surface area contributed by atoms with Gasteiger partial charge in [0.05, 0.1) is 24.9 Å². The summed E-state index contributed by atoms with van der Waals surface area (Å²) in [6.07, 6.45) is -1.84. The van der Waals surface area contributed by atoms with Crippen LogP contribution in [0.2, 0.25) is 0 Å². The zero-order valence-corrected chi connectivity index (χ0v) is 19.2. The molecule has 0 saturated heterocycles. The first kappa shape index (κ1) is 26.6. The molecular weight excluding hydrogens is 478 g/mol. The van der Waals surface area contributed by atoms with E-state index in [2.05, 4.69) is 16.0 Å². The van der Waals surface area contributed by atoms with E-state index in [9.17, 15) is 33.4 Å². The van der Waals surface area contributed by atoms with Gasteiger partial charge in [0.15, 0.2) is 0 Å². The Morgan fingerprint density at radius 2 is 1.83 bits per heavy atom. The Bertz CT molecular complexity index is 1160. The quantitative estimate of drug-likeness (QED) is 0.310. The molecule has 1 aliphatic carbocycles. The summed E-state index contributed by atoms with van der Waals surface area (Å²) in [5.74, 6) is -2.74. The molecular formula is C24H26F2N4O6. The summed E-state index contributed by atoms with van der Waals surface area (Å²) in [5.41, 5.74) is 5.83. The van der Waals surface area contributed by atoms with Crippen molar-refractivity contribution < 1.29 is 38.1 Å². The molecule has 0 saturated carbocycles. The molecule has 4 unspecified atom stereocenters. The van der Waals surface area contributed by atoms with Crippen LogP contribution in [-0.4, -0.2) is 59.5 Å². The third-order valence-electron chi connectivity index (χ3n) is 5.59. The molecule has 0 fully saturated rings. The molecule has 2 aromatic carbocycles. The maximum Gasteiger partial charge on any atom is 0.319 e. The van der Waals surface area contributed by atoms with Crippen LogP contribution in [0.15, 0.2) is 54.1 Å². The topological polar surface area (TPSA) is 163 Å². The summed E-state index contributed by atoms with van der Waals surface area (Å²) in [5, 5.41) is 27.5. The van der Waals surface area contributed by atoms with Gasteiger partial charge >= 0.3 is 6.03 Å². The smallest absolute Gasteiger partial charge is 0.319 e. The molecule has 0 spiro atoms. The second-order valence-electron chi connectivity index (χ2n) is 8.18. The monoisotopic (exact) mass is 504 g/mol. The molecule has 4 atom stereocenters. The van der Waals surface area contributed by atoms with Crippen LogP contribution in [0, 0.1) is 11.6 Å². The molecule has 10 nitrogen and oxygen atoms in total. The van der Waals surface area contributed by atoms with Crippen LogP contribution in [-0.2, 0) is 16.0 Å². The van der Waals surface area contributed by atoms with Gasteiger partial charge in [-0.2, -0.15) is 0 Å². The van der Waals surface area contributed by atoms with E-state index in [0.717, 1.165) is 12.1 Å². The van der Waals surface area contributed by atoms with E-state index in [4.69, 9.17) is 10.5 Å². The van der Waals surface area contributed by atoms with E-state index in [1.165, 1.54) is 13.2 Å². The minimum absolute atomic E-state index is 0.00737. The van der Waals surface area contributed by atoms with Gasteiger partial charge < -0.3 is 36.6 Å². The largest absolute Gasteiger partial charge is 0.497 e. The molecule has 0 aliphatic heterocycles. The first-order valence-electron chi connectivity index (χ1n) is 10.9. The van der Waals surface area contributed by atoms with E-state index in [-0.39, 0.29) is 24.1 Å². The van der Waals surface area contributed by atoms with Gasteiger partial charge in [-0.3, -0.25) is 9.59 Å². The number of methoxy groups -OCH3 is 1. The number of anilines is 1. The number of amides is 4. The SMILES string of the molecule is COc1ccc(CC(NC(=O)C2=CC(NC(=O)Nc3ccc(F)cc3F)C(O)C(O)C2)C(N)=O)cc1. The van der Waals surface area contributed by atoms with Crippen LogP contribution in [0.1, 0.15) is 12.0 Å². The van der Waals surface area contributed by atoms with Crippen molar-refractivity contribution in [2.24, 2.45) is 5.73 Å². The van der Waals surface area contributed by atoms with Crippen molar-refractivity contribution in [2.75, 3.05) is 12.4 Å². The number of hydrogen-bond donors (Lipinski definition) is 6. The molecule has 4 amide bonds. The van der Waals surface area contributed by atoms with Gasteiger partial charge in [0.2, 0.25) is 11.8 Å². The van der Waals surface area contributed by atoms with Crippen LogP contribution >= 0.6 is 0 Å². The van der Waals surface area contributed by atoms with Gasteiger partial charge in [0.1, 0.15) is 29.5 Å². The van der Waals surface area contributed by atoms with Crippen molar-refractivity contribution in [1.29, 1.82) is 0 Å². The zero-order valence-electron chi connectivity index (χ0n) is 19.2. The van der Waals surface area contributed by atoms with Gasteiger partial charge in [-0.15, -0.1) is 0 Å². The molecule has 0 heterocycles. The van der Waals surface area contributed by atoms with Gasteiger partial charge in [0.25, 0.3) is 0 Å². The van der Waals surface area contributed by atoms with Crippen molar-refractivity contribution in [3.63, 3.8) is 0 Å². The predicted octanol–water partition coefficient (Wildman–Crippen LogP) is 0.728. The van der Waals surface area contributed by atoms with Crippen LogP contribution < -0.4 is 26.4 Å². The Hall–Kier alpha value is -4.03. The average Bonchev–Trinajstić information content (AvgIpc) is 2.83. The first-order chi connectivity index (χ1) is 17.1. The van der Waals surface area contributed by atoms with E-state index in [1.54, 1.807) is 24.3 Å².